The highest BCUT2D eigenvalue weighted by molar-refractivity contribution is 7.98. The molecular weight excluding hydrogens is 478 g/mol. The molecule has 0 saturated carbocycles. The standard InChI is InChI=1S/C23H24ClN5O4S/c1-13-20(21(28-33-13)15-6-2-3-7-17(15)24)23(31)26-22-16-11-34-12-18(16)27-29(22)10-19(30)25-9-14-5-4-8-32-14/h2-3,6-7,14H,4-5,8-12H2,1H3,(H,25,30)(H,26,31). The number of carbonyl (C=O) groups excluding carboxylic acids is 2. The molecule has 2 aromatic heterocycles. The Labute approximate surface area is 205 Å². The number of thioether (sulfide) groups is 1. The van der Waals surface area contributed by atoms with Crippen LogP contribution in [0.2, 0.25) is 5.02 Å². The van der Waals surface area contributed by atoms with E-state index in [2.05, 4.69) is 20.9 Å². The molecule has 1 unspecified atom stereocenters. The molecule has 0 aliphatic carbocycles. The van der Waals surface area contributed by atoms with E-state index >= 15 is 0 Å². The Morgan fingerprint density at radius 2 is 2.15 bits per heavy atom. The van der Waals surface area contributed by atoms with Gasteiger partial charge in [-0.2, -0.15) is 16.9 Å². The van der Waals surface area contributed by atoms with Crippen molar-refractivity contribution in [2.75, 3.05) is 18.5 Å². The van der Waals surface area contributed by atoms with Gasteiger partial charge in [0.15, 0.2) is 0 Å². The molecular formula is C23H24ClN5O4S. The minimum absolute atomic E-state index is 0.0000103. The van der Waals surface area contributed by atoms with Gasteiger partial charge in [-0.25, -0.2) is 4.68 Å². The van der Waals surface area contributed by atoms with Crippen molar-refractivity contribution in [3.63, 3.8) is 0 Å². The number of nitrogens with zero attached hydrogens (tertiary/aromatic N) is 3. The van der Waals surface area contributed by atoms with Crippen molar-refractivity contribution in [2.24, 2.45) is 0 Å². The van der Waals surface area contributed by atoms with Crippen LogP contribution in [-0.4, -0.2) is 46.0 Å². The van der Waals surface area contributed by atoms with Crippen LogP contribution in [0.5, 0.6) is 0 Å². The number of aryl methyl sites for hydroxylation is 1. The monoisotopic (exact) mass is 501 g/mol. The minimum atomic E-state index is -0.394. The van der Waals surface area contributed by atoms with Gasteiger partial charge in [-0.05, 0) is 25.8 Å². The van der Waals surface area contributed by atoms with Gasteiger partial charge in [0.2, 0.25) is 5.91 Å². The molecule has 11 heteroatoms. The van der Waals surface area contributed by atoms with E-state index in [1.54, 1.807) is 35.5 Å². The van der Waals surface area contributed by atoms with E-state index in [0.717, 1.165) is 36.5 Å². The fourth-order valence-corrected chi connectivity index (χ4v) is 5.45. The number of hydrogen-bond donors (Lipinski definition) is 2. The van der Waals surface area contributed by atoms with Crippen LogP contribution in [0.3, 0.4) is 0 Å². The molecule has 2 aliphatic heterocycles. The summed E-state index contributed by atoms with van der Waals surface area (Å²) >= 11 is 8.06. The van der Waals surface area contributed by atoms with Gasteiger partial charge in [-0.1, -0.05) is 35.0 Å². The van der Waals surface area contributed by atoms with Crippen LogP contribution < -0.4 is 10.6 Å². The van der Waals surface area contributed by atoms with E-state index in [0.29, 0.717) is 45.7 Å². The van der Waals surface area contributed by atoms with Crippen LogP contribution in [0.1, 0.15) is 40.2 Å². The van der Waals surface area contributed by atoms with Gasteiger partial charge in [-0.15, -0.1) is 0 Å². The molecule has 0 radical (unpaired) electrons. The van der Waals surface area contributed by atoms with Gasteiger partial charge in [0, 0.05) is 35.8 Å². The lowest BCUT2D eigenvalue weighted by molar-refractivity contribution is -0.122. The van der Waals surface area contributed by atoms with E-state index < -0.39 is 5.91 Å². The maximum absolute atomic E-state index is 13.4. The van der Waals surface area contributed by atoms with Crippen LogP contribution in [0.15, 0.2) is 28.8 Å². The smallest absolute Gasteiger partial charge is 0.262 e. The molecule has 1 fully saturated rings. The lowest BCUT2D eigenvalue weighted by atomic mass is 10.1. The fourth-order valence-electron chi connectivity index (χ4n) is 4.19. The number of rotatable bonds is 7. The Bertz CT molecular complexity index is 1230. The molecule has 3 aromatic rings. The highest BCUT2D eigenvalue weighted by Gasteiger charge is 2.29. The second kappa shape index (κ2) is 9.81. The Kier molecular flexibility index (Phi) is 6.62. The summed E-state index contributed by atoms with van der Waals surface area (Å²) in [5, 5.41) is 15.0. The summed E-state index contributed by atoms with van der Waals surface area (Å²) in [4.78, 5) is 26.0. The highest BCUT2D eigenvalue weighted by atomic mass is 35.5. The Morgan fingerprint density at radius 3 is 2.94 bits per heavy atom. The van der Waals surface area contributed by atoms with Crippen LogP contribution in [-0.2, 0) is 27.6 Å². The largest absolute Gasteiger partial charge is 0.376 e. The number of hydrogen-bond acceptors (Lipinski definition) is 7. The van der Waals surface area contributed by atoms with Crippen molar-refractivity contribution in [1.82, 2.24) is 20.3 Å². The number of ether oxygens (including phenoxy) is 1. The summed E-state index contributed by atoms with van der Waals surface area (Å²) in [7, 11) is 0. The maximum Gasteiger partial charge on any atom is 0.262 e. The number of amides is 2. The average molecular weight is 502 g/mol. The molecule has 2 aliphatic rings. The minimum Gasteiger partial charge on any atom is -0.376 e. The molecule has 2 amide bonds. The third-order valence-corrected chi connectivity index (χ3v) is 7.21. The molecule has 2 N–H and O–H groups in total. The summed E-state index contributed by atoms with van der Waals surface area (Å²) in [5.41, 5.74) is 3.07. The van der Waals surface area contributed by atoms with Crippen molar-refractivity contribution >= 4 is 41.0 Å². The zero-order chi connectivity index (χ0) is 23.7. The van der Waals surface area contributed by atoms with Crippen LogP contribution in [0, 0.1) is 6.92 Å². The summed E-state index contributed by atoms with van der Waals surface area (Å²) in [6, 6.07) is 7.15. The predicted molar refractivity (Wildman–Crippen MR) is 129 cm³/mol. The SMILES string of the molecule is Cc1onc(-c2ccccc2Cl)c1C(=O)Nc1c2c(nn1CC(=O)NCC1CCCO1)CSC2. The van der Waals surface area contributed by atoms with Gasteiger partial charge in [-0.3, -0.25) is 9.59 Å². The van der Waals surface area contributed by atoms with Crippen LogP contribution in [0.4, 0.5) is 5.82 Å². The van der Waals surface area contributed by atoms with Crippen molar-refractivity contribution in [3.8, 4) is 11.3 Å². The number of aromatic nitrogens is 3. The maximum atomic E-state index is 13.4. The van der Waals surface area contributed by atoms with Crippen molar-refractivity contribution in [3.05, 3.63) is 51.9 Å². The predicted octanol–water partition coefficient (Wildman–Crippen LogP) is 3.79. The van der Waals surface area contributed by atoms with E-state index in [9.17, 15) is 9.59 Å². The Morgan fingerprint density at radius 1 is 1.29 bits per heavy atom. The molecule has 4 heterocycles. The fraction of sp³-hybridized carbons (Fsp3) is 0.391. The molecule has 5 rings (SSSR count). The highest BCUT2D eigenvalue weighted by Crippen LogP contribution is 2.36. The molecule has 34 heavy (non-hydrogen) atoms. The van der Waals surface area contributed by atoms with Gasteiger partial charge >= 0.3 is 0 Å². The summed E-state index contributed by atoms with van der Waals surface area (Å²) in [6.07, 6.45) is 2.02. The van der Waals surface area contributed by atoms with Gasteiger partial charge in [0.05, 0.1) is 16.8 Å². The molecule has 0 bridgehead atoms. The summed E-state index contributed by atoms with van der Waals surface area (Å²) < 4.78 is 12.5. The molecule has 9 nitrogen and oxygen atoms in total. The first kappa shape index (κ1) is 22.9. The molecule has 178 valence electrons. The number of carbonyl (C=O) groups is 2. The zero-order valence-electron chi connectivity index (χ0n) is 18.6. The number of benzene rings is 1. The second-order valence-electron chi connectivity index (χ2n) is 8.26. The van der Waals surface area contributed by atoms with Crippen LogP contribution in [0.25, 0.3) is 11.3 Å². The number of anilines is 1. The number of nitrogens with one attached hydrogen (secondary N) is 2. The van der Waals surface area contributed by atoms with E-state index in [4.69, 9.17) is 20.9 Å². The zero-order valence-corrected chi connectivity index (χ0v) is 20.2. The lowest BCUT2D eigenvalue weighted by Gasteiger charge is -2.13. The molecule has 1 atom stereocenters. The molecule has 1 aromatic carbocycles. The first-order valence-corrected chi connectivity index (χ1v) is 12.6. The van der Waals surface area contributed by atoms with E-state index in [1.165, 1.54) is 0 Å². The normalized spacial score (nSPS) is 17.1. The van der Waals surface area contributed by atoms with Crippen molar-refractivity contribution < 1.29 is 18.8 Å². The molecule has 0 spiro atoms. The summed E-state index contributed by atoms with van der Waals surface area (Å²) in [5.74, 6) is 1.76. The first-order valence-electron chi connectivity index (χ1n) is 11.1. The van der Waals surface area contributed by atoms with Crippen molar-refractivity contribution in [2.45, 2.75) is 43.9 Å². The summed E-state index contributed by atoms with van der Waals surface area (Å²) in [6.45, 7) is 2.88. The third-order valence-electron chi connectivity index (χ3n) is 5.91. The van der Waals surface area contributed by atoms with Crippen molar-refractivity contribution in [1.29, 1.82) is 0 Å². The first-order chi connectivity index (χ1) is 16.5. The quantitative estimate of drug-likeness (QED) is 0.506. The Balaban J connectivity index is 1.38. The average Bonchev–Trinajstić information content (AvgIpc) is 3.60. The molecule has 1 saturated heterocycles. The van der Waals surface area contributed by atoms with Gasteiger partial charge < -0.3 is 19.9 Å². The third kappa shape index (κ3) is 4.57. The number of fused-ring (bicyclic) bond motifs is 1. The number of halogens is 1. The second-order valence-corrected chi connectivity index (χ2v) is 9.65. The van der Waals surface area contributed by atoms with E-state index in [-0.39, 0.29) is 18.6 Å². The lowest BCUT2D eigenvalue weighted by Crippen LogP contribution is -2.34. The Hall–Kier alpha value is -2.82. The topological polar surface area (TPSA) is 111 Å². The van der Waals surface area contributed by atoms with Crippen LogP contribution >= 0.6 is 23.4 Å². The van der Waals surface area contributed by atoms with E-state index in [1.807, 2.05) is 12.1 Å². The van der Waals surface area contributed by atoms with Gasteiger partial charge in [0.25, 0.3) is 5.91 Å². The van der Waals surface area contributed by atoms with Gasteiger partial charge in [0.1, 0.15) is 29.4 Å².